The quantitative estimate of drug-likeness (QED) is 0.140. The fraction of sp³-hybridized carbons (Fsp3) is 0. The summed E-state index contributed by atoms with van der Waals surface area (Å²) in [5.41, 5.74) is -0.802. The molecule has 0 fully saturated rings. The molecular formula is C28H16Cl2Na2O8. The van der Waals surface area contributed by atoms with E-state index in [1.54, 1.807) is 60.7 Å². The second-order valence-corrected chi connectivity index (χ2v) is 8.23. The first-order valence-electron chi connectivity index (χ1n) is 10.7. The standard InChI is InChI=1S/2C14H9ClO4.2Na/c2*15-9-6-7-11(12(8-9)13(16)17)14(18)19-10-4-2-1-3-5-10;;/h2*1-8H,(H,16,17);;/q;;2*+1/p-2. The van der Waals surface area contributed by atoms with Gasteiger partial charge in [0.2, 0.25) is 0 Å². The smallest absolute Gasteiger partial charge is 0.545 e. The van der Waals surface area contributed by atoms with Gasteiger partial charge in [-0.2, -0.15) is 0 Å². The number of hydrogen-bond acceptors (Lipinski definition) is 8. The number of carbonyl (C=O) groups excluding carboxylic acids is 4. The van der Waals surface area contributed by atoms with E-state index in [9.17, 15) is 29.4 Å². The van der Waals surface area contributed by atoms with E-state index in [0.717, 1.165) is 12.1 Å². The van der Waals surface area contributed by atoms with E-state index in [0.29, 0.717) is 11.5 Å². The number of hydrogen-bond donors (Lipinski definition) is 0. The molecule has 0 N–H and O–H groups in total. The van der Waals surface area contributed by atoms with Crippen LogP contribution in [0.1, 0.15) is 41.4 Å². The van der Waals surface area contributed by atoms with E-state index in [2.05, 4.69) is 0 Å². The zero-order valence-corrected chi connectivity index (χ0v) is 26.8. The molecule has 0 amide bonds. The summed E-state index contributed by atoms with van der Waals surface area (Å²) in [6.45, 7) is 0. The summed E-state index contributed by atoms with van der Waals surface area (Å²) in [5.74, 6) is -3.87. The third kappa shape index (κ3) is 10.4. The fourth-order valence-corrected chi connectivity index (χ4v) is 3.37. The van der Waals surface area contributed by atoms with Gasteiger partial charge in [0.15, 0.2) is 0 Å². The molecular weight excluding hydrogens is 581 g/mol. The number of carbonyl (C=O) groups is 4. The van der Waals surface area contributed by atoms with Crippen molar-refractivity contribution in [3.05, 3.63) is 129 Å². The van der Waals surface area contributed by atoms with Crippen molar-refractivity contribution in [2.75, 3.05) is 0 Å². The minimum atomic E-state index is -1.48. The first kappa shape index (κ1) is 35.4. The topological polar surface area (TPSA) is 133 Å². The zero-order chi connectivity index (χ0) is 27.7. The Balaban J connectivity index is 0.000000381. The Morgan fingerprint density at radius 1 is 0.500 bits per heavy atom. The van der Waals surface area contributed by atoms with Crippen molar-refractivity contribution in [2.24, 2.45) is 0 Å². The number of esters is 2. The van der Waals surface area contributed by atoms with Gasteiger partial charge in [-0.05, 0) is 60.7 Å². The van der Waals surface area contributed by atoms with Crippen molar-refractivity contribution in [1.82, 2.24) is 0 Å². The van der Waals surface area contributed by atoms with Crippen molar-refractivity contribution in [3.63, 3.8) is 0 Å². The molecule has 12 heteroatoms. The first-order chi connectivity index (χ1) is 18.2. The van der Waals surface area contributed by atoms with Gasteiger partial charge in [0, 0.05) is 21.2 Å². The Morgan fingerprint density at radius 3 is 1.12 bits per heavy atom. The van der Waals surface area contributed by atoms with Gasteiger partial charge in [-0.15, -0.1) is 0 Å². The number of aromatic carboxylic acids is 2. The number of ether oxygens (including phenoxy) is 2. The van der Waals surface area contributed by atoms with Crippen LogP contribution >= 0.6 is 23.2 Å². The van der Waals surface area contributed by atoms with Crippen molar-refractivity contribution in [2.45, 2.75) is 0 Å². The molecule has 0 aromatic heterocycles. The Morgan fingerprint density at radius 2 is 0.825 bits per heavy atom. The van der Waals surface area contributed by atoms with Crippen molar-refractivity contribution >= 4 is 47.1 Å². The molecule has 0 atom stereocenters. The molecule has 0 spiro atoms. The van der Waals surface area contributed by atoms with Crippen LogP contribution in [0.3, 0.4) is 0 Å². The second kappa shape index (κ2) is 17.2. The molecule has 8 nitrogen and oxygen atoms in total. The number of benzene rings is 4. The molecule has 0 radical (unpaired) electrons. The van der Waals surface area contributed by atoms with Crippen molar-refractivity contribution in [1.29, 1.82) is 0 Å². The molecule has 0 unspecified atom stereocenters. The van der Waals surface area contributed by atoms with Crippen molar-refractivity contribution < 1.29 is 98.0 Å². The van der Waals surface area contributed by atoms with Crippen LogP contribution in [0.5, 0.6) is 11.5 Å². The molecule has 4 aromatic carbocycles. The summed E-state index contributed by atoms with van der Waals surface area (Å²) in [7, 11) is 0. The summed E-state index contributed by atoms with van der Waals surface area (Å²) >= 11 is 11.4. The minimum Gasteiger partial charge on any atom is -0.545 e. The summed E-state index contributed by atoms with van der Waals surface area (Å²) in [6, 6.07) is 24.4. The van der Waals surface area contributed by atoms with E-state index in [4.69, 9.17) is 32.7 Å². The van der Waals surface area contributed by atoms with E-state index < -0.39 is 23.9 Å². The number of para-hydroxylation sites is 2. The monoisotopic (exact) mass is 596 g/mol. The van der Waals surface area contributed by atoms with Gasteiger partial charge >= 0.3 is 71.1 Å². The third-order valence-corrected chi connectivity index (χ3v) is 5.22. The molecule has 4 aromatic rings. The van der Waals surface area contributed by atoms with Gasteiger partial charge in [-0.1, -0.05) is 59.6 Å². The molecule has 0 saturated heterocycles. The molecule has 0 aliphatic rings. The average Bonchev–Trinajstić information content (AvgIpc) is 2.90. The van der Waals surface area contributed by atoms with Crippen LogP contribution in [0.4, 0.5) is 0 Å². The largest absolute Gasteiger partial charge is 1.00 e. The maximum atomic E-state index is 11.9. The summed E-state index contributed by atoms with van der Waals surface area (Å²) in [4.78, 5) is 45.7. The Labute approximate surface area is 283 Å². The summed E-state index contributed by atoms with van der Waals surface area (Å²) in [5, 5.41) is 22.3. The molecule has 40 heavy (non-hydrogen) atoms. The number of carboxylic acid groups (broad SMARTS) is 2. The number of rotatable bonds is 6. The van der Waals surface area contributed by atoms with Gasteiger partial charge in [0.05, 0.1) is 23.1 Å². The van der Waals surface area contributed by atoms with Crippen LogP contribution in [0, 0.1) is 0 Å². The molecule has 0 aliphatic carbocycles. The van der Waals surface area contributed by atoms with E-state index in [-0.39, 0.29) is 91.4 Å². The van der Waals surface area contributed by atoms with Gasteiger partial charge in [-0.3, -0.25) is 0 Å². The molecule has 4 rings (SSSR count). The summed E-state index contributed by atoms with van der Waals surface area (Å²) < 4.78 is 10.1. The Kier molecular flexibility index (Phi) is 15.2. The van der Waals surface area contributed by atoms with Gasteiger partial charge in [0.25, 0.3) is 0 Å². The number of carboxylic acids is 2. The normalized spacial score (nSPS) is 9.45. The SMILES string of the molecule is O=C([O-])c1cc(Cl)ccc1C(=O)Oc1ccccc1.O=C([O-])c1cc(Cl)ccc1C(=O)Oc1ccccc1.[Na+].[Na+]. The van der Waals surface area contributed by atoms with Crippen LogP contribution < -0.4 is 78.8 Å². The van der Waals surface area contributed by atoms with Crippen LogP contribution in [0.15, 0.2) is 97.1 Å². The van der Waals surface area contributed by atoms with Crippen molar-refractivity contribution in [3.8, 4) is 11.5 Å². The zero-order valence-electron chi connectivity index (χ0n) is 21.3. The van der Waals surface area contributed by atoms with Gasteiger partial charge in [0.1, 0.15) is 11.5 Å². The van der Waals surface area contributed by atoms with Crippen LogP contribution in [0.2, 0.25) is 10.0 Å². The predicted molar refractivity (Wildman–Crippen MR) is 134 cm³/mol. The molecule has 192 valence electrons. The molecule has 0 saturated carbocycles. The Hall–Kier alpha value is -2.66. The van der Waals surface area contributed by atoms with E-state index in [1.165, 1.54) is 24.3 Å². The van der Waals surface area contributed by atoms with Crippen LogP contribution in [-0.4, -0.2) is 23.9 Å². The number of halogens is 2. The van der Waals surface area contributed by atoms with Gasteiger partial charge < -0.3 is 29.3 Å². The van der Waals surface area contributed by atoms with E-state index in [1.807, 2.05) is 0 Å². The second-order valence-electron chi connectivity index (χ2n) is 7.36. The fourth-order valence-electron chi connectivity index (χ4n) is 3.03. The minimum absolute atomic E-state index is 0. The van der Waals surface area contributed by atoms with Gasteiger partial charge in [-0.25, -0.2) is 9.59 Å². The molecule has 0 aliphatic heterocycles. The van der Waals surface area contributed by atoms with Crippen LogP contribution in [0.25, 0.3) is 0 Å². The van der Waals surface area contributed by atoms with E-state index >= 15 is 0 Å². The third-order valence-electron chi connectivity index (χ3n) is 4.75. The summed E-state index contributed by atoms with van der Waals surface area (Å²) in [6.07, 6.45) is 0. The molecule has 0 heterocycles. The maximum Gasteiger partial charge on any atom is 1.00 e. The maximum absolute atomic E-state index is 11.9. The first-order valence-corrected chi connectivity index (χ1v) is 11.5. The Bertz CT molecular complexity index is 1370. The van der Waals surface area contributed by atoms with Crippen LogP contribution in [-0.2, 0) is 0 Å². The average molecular weight is 597 g/mol. The molecule has 0 bridgehead atoms. The predicted octanol–water partition coefficient (Wildman–Crippen LogP) is -2.15.